The monoisotopic (exact) mass is 773 g/mol. The van der Waals surface area contributed by atoms with E-state index in [2.05, 4.69) is 46.5 Å². The summed E-state index contributed by atoms with van der Waals surface area (Å²) < 4.78 is 10.5. The zero-order valence-electron chi connectivity index (χ0n) is 32.9. The normalized spacial score (nSPS) is 11.7. The number of phenols is 1. The minimum absolute atomic E-state index is 0.218. The molecule has 0 saturated heterocycles. The molecule has 0 radical (unpaired) electrons. The molecule has 2 N–H and O–H groups in total. The summed E-state index contributed by atoms with van der Waals surface area (Å²) in [4.78, 5) is 24.3. The average Bonchev–Trinajstić information content (AvgIpc) is 3.62. The van der Waals surface area contributed by atoms with Crippen molar-refractivity contribution in [3.8, 4) is 22.6 Å². The van der Waals surface area contributed by atoms with E-state index in [-0.39, 0.29) is 5.75 Å². The van der Waals surface area contributed by atoms with Gasteiger partial charge in [-0.3, -0.25) is 9.59 Å². The van der Waals surface area contributed by atoms with E-state index in [4.69, 9.17) is 37.8 Å². The van der Waals surface area contributed by atoms with Gasteiger partial charge in [0.15, 0.2) is 6.29 Å². The number of rotatable bonds is 11. The van der Waals surface area contributed by atoms with E-state index in [1.807, 2.05) is 65.8 Å². The molecule has 2 aromatic heterocycles. The Morgan fingerprint density at radius 3 is 2.24 bits per heavy atom. The van der Waals surface area contributed by atoms with Crippen LogP contribution in [0, 0.1) is 27.7 Å². The van der Waals surface area contributed by atoms with Crippen molar-refractivity contribution in [2.45, 2.75) is 80.7 Å². The zero-order valence-corrected chi connectivity index (χ0v) is 34.5. The SMILES string of the molecule is CC.CC(=O)O.Cc1cc(OCCCc2c(C=O)n(CCN(C)c3cn(C)c4c3CCC=C4)c3c(-c4c(C)cc(O)cc4C)c(Cl)ccc23)cc(C)c1Cl. The fourth-order valence-corrected chi connectivity index (χ4v) is 7.77. The first-order valence-electron chi connectivity index (χ1n) is 18.5. The second kappa shape index (κ2) is 18.6. The first-order valence-corrected chi connectivity index (χ1v) is 19.2. The molecule has 5 aromatic rings. The smallest absolute Gasteiger partial charge is 0.300 e. The Morgan fingerprint density at radius 2 is 1.63 bits per heavy atom. The first kappa shape index (κ1) is 42.1. The van der Waals surface area contributed by atoms with Gasteiger partial charge < -0.3 is 29.0 Å². The van der Waals surface area contributed by atoms with Crippen LogP contribution in [0.5, 0.6) is 11.5 Å². The minimum atomic E-state index is -0.833. The van der Waals surface area contributed by atoms with E-state index in [0.717, 1.165) is 93.1 Å². The third-order valence-corrected chi connectivity index (χ3v) is 10.6. The van der Waals surface area contributed by atoms with Crippen molar-refractivity contribution in [2.24, 2.45) is 7.05 Å². The molecule has 8 nitrogen and oxygen atoms in total. The van der Waals surface area contributed by atoms with Crippen molar-refractivity contribution in [1.82, 2.24) is 9.13 Å². The summed E-state index contributed by atoms with van der Waals surface area (Å²) >= 11 is 13.4. The molecule has 0 fully saturated rings. The molecule has 0 aliphatic heterocycles. The van der Waals surface area contributed by atoms with Crippen LogP contribution in [0.2, 0.25) is 10.0 Å². The molecule has 2 heterocycles. The lowest BCUT2D eigenvalue weighted by atomic mass is 9.93. The van der Waals surface area contributed by atoms with E-state index in [9.17, 15) is 9.90 Å². The largest absolute Gasteiger partial charge is 0.508 e. The van der Waals surface area contributed by atoms with E-state index in [1.54, 1.807) is 12.1 Å². The summed E-state index contributed by atoms with van der Waals surface area (Å²) in [5, 5.41) is 20.1. The van der Waals surface area contributed by atoms with Crippen molar-refractivity contribution in [1.29, 1.82) is 0 Å². The van der Waals surface area contributed by atoms with Crippen LogP contribution >= 0.6 is 23.2 Å². The number of aldehydes is 1. The molecule has 0 bridgehead atoms. The number of halogens is 2. The van der Waals surface area contributed by atoms with Gasteiger partial charge in [-0.15, -0.1) is 0 Å². The van der Waals surface area contributed by atoms with Gasteiger partial charge in [-0.05, 0) is 123 Å². The number of phenolic OH excluding ortho intramolecular Hbond substituents is 1. The standard InChI is InChI=1S/C40H43Cl2N3O3.C2H4O2.C2H6/c1-24-18-28(47)19-25(2)37(24)38-33(41)14-13-31-30(11-9-17-48-29-20-26(3)39(42)27(4)21-29)36(23-46)45(40(31)38)16-15-43(5)35-22-44(6)34-12-8-7-10-32(34)35;1-2(3)4;1-2/h8,12-14,18-23,47H,7,9-11,15-17H2,1-6H3;1H3,(H,3,4);1-2H3. The van der Waals surface area contributed by atoms with E-state index in [0.29, 0.717) is 36.8 Å². The number of likely N-dealkylation sites (N-methyl/N-ethyl adjacent to an activating group) is 1. The summed E-state index contributed by atoms with van der Waals surface area (Å²) in [7, 11) is 4.22. The summed E-state index contributed by atoms with van der Waals surface area (Å²) in [6, 6.07) is 11.4. The molecule has 0 unspecified atom stereocenters. The van der Waals surface area contributed by atoms with Crippen molar-refractivity contribution >= 4 is 58.1 Å². The highest BCUT2D eigenvalue weighted by Crippen LogP contribution is 2.43. The molecular formula is C44H53Cl2N3O5. The number of aryl methyl sites for hydroxylation is 6. The van der Waals surface area contributed by atoms with Gasteiger partial charge in [-0.25, -0.2) is 0 Å². The van der Waals surface area contributed by atoms with Crippen LogP contribution in [0.4, 0.5) is 5.69 Å². The van der Waals surface area contributed by atoms with Crippen molar-refractivity contribution in [2.75, 3.05) is 25.1 Å². The number of hydrogen-bond donors (Lipinski definition) is 2. The third kappa shape index (κ3) is 9.16. The van der Waals surface area contributed by atoms with Crippen LogP contribution in [0.1, 0.15) is 83.2 Å². The van der Waals surface area contributed by atoms with E-state index >= 15 is 0 Å². The highest BCUT2D eigenvalue weighted by atomic mass is 35.5. The number of aromatic nitrogens is 2. The van der Waals surface area contributed by atoms with Gasteiger partial charge in [-0.2, -0.15) is 0 Å². The van der Waals surface area contributed by atoms with Gasteiger partial charge in [-0.1, -0.05) is 49.2 Å². The fraction of sp³-hybridized carbons (Fsp3) is 0.364. The molecule has 0 atom stereocenters. The molecule has 0 amide bonds. The number of fused-ring (bicyclic) bond motifs is 2. The number of aliphatic carboxylic acids is 1. The number of carboxylic acid groups (broad SMARTS) is 1. The average molecular weight is 775 g/mol. The number of benzene rings is 3. The van der Waals surface area contributed by atoms with Gasteiger partial charge in [0.25, 0.3) is 5.97 Å². The van der Waals surface area contributed by atoms with E-state index < -0.39 is 5.97 Å². The lowest BCUT2D eigenvalue weighted by Gasteiger charge is -2.22. The van der Waals surface area contributed by atoms with Crippen LogP contribution in [0.15, 0.2) is 48.7 Å². The molecule has 0 saturated carbocycles. The lowest BCUT2D eigenvalue weighted by Crippen LogP contribution is -2.24. The Labute approximate surface area is 329 Å². The van der Waals surface area contributed by atoms with Crippen molar-refractivity contribution < 1.29 is 24.5 Å². The number of carbonyl (C=O) groups is 2. The molecule has 0 spiro atoms. The van der Waals surface area contributed by atoms with Crippen molar-refractivity contribution in [3.63, 3.8) is 0 Å². The van der Waals surface area contributed by atoms with Crippen LogP contribution < -0.4 is 9.64 Å². The number of hydrogen-bond acceptors (Lipinski definition) is 5. The maximum absolute atomic E-state index is 13.0. The fourth-order valence-electron chi connectivity index (χ4n) is 7.41. The van der Waals surface area contributed by atoms with Crippen LogP contribution in [-0.2, 0) is 31.2 Å². The minimum Gasteiger partial charge on any atom is -0.508 e. The number of ether oxygens (including phenoxy) is 1. The quantitative estimate of drug-likeness (QED) is 0.102. The predicted molar refractivity (Wildman–Crippen MR) is 224 cm³/mol. The van der Waals surface area contributed by atoms with Gasteiger partial charge in [0, 0.05) is 67.5 Å². The number of anilines is 1. The molecule has 6 rings (SSSR count). The predicted octanol–water partition coefficient (Wildman–Crippen LogP) is 10.9. The second-order valence-electron chi connectivity index (χ2n) is 13.6. The van der Waals surface area contributed by atoms with Gasteiger partial charge >= 0.3 is 0 Å². The molecule has 10 heteroatoms. The highest BCUT2D eigenvalue weighted by Gasteiger charge is 2.25. The molecule has 1 aliphatic carbocycles. The van der Waals surface area contributed by atoms with Crippen LogP contribution in [0.3, 0.4) is 0 Å². The van der Waals surface area contributed by atoms with Gasteiger partial charge in [0.2, 0.25) is 0 Å². The molecule has 54 heavy (non-hydrogen) atoms. The van der Waals surface area contributed by atoms with E-state index in [1.165, 1.54) is 16.9 Å². The maximum Gasteiger partial charge on any atom is 0.300 e. The van der Waals surface area contributed by atoms with Gasteiger partial charge in [0.05, 0.1) is 28.5 Å². The lowest BCUT2D eigenvalue weighted by molar-refractivity contribution is -0.134. The van der Waals surface area contributed by atoms with Crippen molar-refractivity contribution in [3.05, 3.63) is 103 Å². The number of carboxylic acids is 1. The Balaban J connectivity index is 0.00000102. The Bertz CT molecular complexity index is 2130. The molecular weight excluding hydrogens is 721 g/mol. The number of allylic oxidation sites excluding steroid dienone is 1. The van der Waals surface area contributed by atoms with Gasteiger partial charge in [0.1, 0.15) is 11.5 Å². The third-order valence-electron chi connectivity index (χ3n) is 9.67. The summed E-state index contributed by atoms with van der Waals surface area (Å²) in [5.74, 6) is 0.178. The highest BCUT2D eigenvalue weighted by molar-refractivity contribution is 6.35. The maximum atomic E-state index is 13.0. The summed E-state index contributed by atoms with van der Waals surface area (Å²) in [5.41, 5.74) is 12.1. The summed E-state index contributed by atoms with van der Waals surface area (Å²) in [6.45, 7) is 14.8. The Hall–Kier alpha value is -4.66. The molecule has 3 aromatic carbocycles. The van der Waals surface area contributed by atoms with Crippen LogP contribution in [0.25, 0.3) is 28.1 Å². The second-order valence-corrected chi connectivity index (χ2v) is 14.4. The number of nitrogens with zero attached hydrogens (tertiary/aromatic N) is 3. The zero-order chi connectivity index (χ0) is 39.9. The van der Waals surface area contributed by atoms with Crippen LogP contribution in [-0.4, -0.2) is 51.8 Å². The first-order chi connectivity index (χ1) is 25.7. The molecule has 1 aliphatic rings. The summed E-state index contributed by atoms with van der Waals surface area (Å²) in [6.07, 6.45) is 11.1. The Morgan fingerprint density at radius 1 is 1.00 bits per heavy atom. The topological polar surface area (TPSA) is 96.9 Å². The molecule has 288 valence electrons. The Kier molecular flexibility index (Phi) is 14.5. The number of aromatic hydroxyl groups is 1. The number of carbonyl (C=O) groups excluding carboxylic acids is 1.